The van der Waals surface area contributed by atoms with Crippen LogP contribution in [0.5, 0.6) is 0 Å². The highest BCUT2D eigenvalue weighted by atomic mass is 16.1. The molecule has 1 heteroatoms. The smallest absolute Gasteiger partial charge is 0.142 e. The molecule has 62 valence electrons. The van der Waals surface area contributed by atoms with Gasteiger partial charge < -0.3 is 0 Å². The summed E-state index contributed by atoms with van der Waals surface area (Å²) in [4.78, 5) is 11.5. The summed E-state index contributed by atoms with van der Waals surface area (Å²) in [5.74, 6) is 2.47. The average Bonchev–Trinajstić information content (AvgIpc) is 2.29. The monoisotopic (exact) mass is 152 g/mol. The van der Waals surface area contributed by atoms with Gasteiger partial charge in [-0.05, 0) is 24.7 Å². The lowest BCUT2D eigenvalue weighted by molar-refractivity contribution is -0.150. The first-order valence-corrected chi connectivity index (χ1v) is 4.58. The van der Waals surface area contributed by atoms with Gasteiger partial charge in [0.25, 0.3) is 0 Å². The molecule has 0 aromatic rings. The molecule has 0 aliphatic heterocycles. The zero-order valence-electron chi connectivity index (χ0n) is 7.55. The van der Waals surface area contributed by atoms with Gasteiger partial charge in [0.2, 0.25) is 0 Å². The first-order valence-electron chi connectivity index (χ1n) is 4.58. The molecule has 0 aromatic carbocycles. The fourth-order valence-corrected chi connectivity index (χ4v) is 2.94. The van der Waals surface area contributed by atoms with Crippen LogP contribution in [-0.2, 0) is 4.79 Å². The van der Waals surface area contributed by atoms with Crippen LogP contribution in [0.25, 0.3) is 0 Å². The van der Waals surface area contributed by atoms with Crippen molar-refractivity contribution < 1.29 is 4.79 Å². The number of Topliss-reactive ketones (excluding diaryl/α,β-unsaturated/α-hetero) is 1. The molecule has 2 aliphatic carbocycles. The molecular weight excluding hydrogens is 136 g/mol. The molecule has 1 nitrogen and oxygen atoms in total. The molecule has 0 spiro atoms. The molecule has 0 radical (unpaired) electrons. The molecular formula is C10H16O. The second kappa shape index (κ2) is 1.88. The van der Waals surface area contributed by atoms with Crippen LogP contribution in [-0.4, -0.2) is 5.78 Å². The van der Waals surface area contributed by atoms with Gasteiger partial charge in [-0.15, -0.1) is 0 Å². The second-order valence-electron chi connectivity index (χ2n) is 4.88. The summed E-state index contributed by atoms with van der Waals surface area (Å²) < 4.78 is 0. The standard InChI is InChI=1S/C10H16O/c1-6-4-7-8(5-6)10(2,3)9(7)11/h6-8H,4-5H2,1-3H3/t6-,7+,8-/m1/s1. The van der Waals surface area contributed by atoms with E-state index in [9.17, 15) is 4.79 Å². The van der Waals surface area contributed by atoms with Crippen LogP contribution in [0.1, 0.15) is 33.6 Å². The fraction of sp³-hybridized carbons (Fsp3) is 0.900. The van der Waals surface area contributed by atoms with Gasteiger partial charge in [0.15, 0.2) is 0 Å². The number of hydrogen-bond donors (Lipinski definition) is 0. The summed E-state index contributed by atoms with van der Waals surface area (Å²) >= 11 is 0. The van der Waals surface area contributed by atoms with Gasteiger partial charge in [-0.1, -0.05) is 20.8 Å². The molecule has 0 heterocycles. The molecule has 0 unspecified atom stereocenters. The third kappa shape index (κ3) is 0.743. The van der Waals surface area contributed by atoms with E-state index in [1.807, 2.05) is 0 Å². The lowest BCUT2D eigenvalue weighted by Crippen LogP contribution is -2.51. The fourth-order valence-electron chi connectivity index (χ4n) is 2.94. The predicted octanol–water partition coefficient (Wildman–Crippen LogP) is 2.26. The van der Waals surface area contributed by atoms with Crippen molar-refractivity contribution in [1.82, 2.24) is 0 Å². The minimum atomic E-state index is 0.0232. The Bertz CT molecular complexity index is 205. The van der Waals surface area contributed by atoms with Crippen molar-refractivity contribution in [3.63, 3.8) is 0 Å². The van der Waals surface area contributed by atoms with E-state index in [2.05, 4.69) is 20.8 Å². The Morgan fingerprint density at radius 2 is 2.00 bits per heavy atom. The number of rotatable bonds is 0. The molecule has 0 amide bonds. The van der Waals surface area contributed by atoms with Crippen molar-refractivity contribution >= 4 is 5.78 Å². The largest absolute Gasteiger partial charge is 0.299 e. The highest BCUT2D eigenvalue weighted by molar-refractivity contribution is 5.93. The topological polar surface area (TPSA) is 17.1 Å². The summed E-state index contributed by atoms with van der Waals surface area (Å²) in [7, 11) is 0. The summed E-state index contributed by atoms with van der Waals surface area (Å²) in [5.41, 5.74) is 0.0232. The number of ketones is 1. The molecule has 11 heavy (non-hydrogen) atoms. The Balaban J connectivity index is 2.20. The summed E-state index contributed by atoms with van der Waals surface area (Å²) in [6.07, 6.45) is 2.44. The van der Waals surface area contributed by atoms with Crippen LogP contribution < -0.4 is 0 Å². The first-order chi connectivity index (χ1) is 5.03. The van der Waals surface area contributed by atoms with Gasteiger partial charge in [0, 0.05) is 11.3 Å². The molecule has 2 fully saturated rings. The van der Waals surface area contributed by atoms with Gasteiger partial charge in [-0.2, -0.15) is 0 Å². The van der Waals surface area contributed by atoms with E-state index in [0.717, 1.165) is 12.3 Å². The van der Waals surface area contributed by atoms with E-state index >= 15 is 0 Å². The van der Waals surface area contributed by atoms with Crippen LogP contribution in [0.4, 0.5) is 0 Å². The highest BCUT2D eigenvalue weighted by Gasteiger charge is 2.58. The van der Waals surface area contributed by atoms with Crippen molar-refractivity contribution in [2.45, 2.75) is 33.6 Å². The van der Waals surface area contributed by atoms with Crippen LogP contribution >= 0.6 is 0 Å². The van der Waals surface area contributed by atoms with Gasteiger partial charge in [0.05, 0.1) is 0 Å². The quantitative estimate of drug-likeness (QED) is 0.520. The van der Waals surface area contributed by atoms with E-state index in [-0.39, 0.29) is 5.41 Å². The maximum Gasteiger partial charge on any atom is 0.142 e. The number of fused-ring (bicyclic) bond motifs is 1. The Hall–Kier alpha value is -0.330. The van der Waals surface area contributed by atoms with Gasteiger partial charge >= 0.3 is 0 Å². The van der Waals surface area contributed by atoms with Crippen molar-refractivity contribution in [2.24, 2.45) is 23.2 Å². The maximum absolute atomic E-state index is 11.5. The SMILES string of the molecule is C[C@@H]1C[C@@H]2C(=O)C(C)(C)[C@@H]2C1. The van der Waals surface area contributed by atoms with Crippen LogP contribution in [0.15, 0.2) is 0 Å². The Morgan fingerprint density at radius 3 is 2.55 bits per heavy atom. The number of hydrogen-bond acceptors (Lipinski definition) is 1. The molecule has 0 aromatic heterocycles. The third-order valence-electron chi connectivity index (χ3n) is 3.70. The summed E-state index contributed by atoms with van der Waals surface area (Å²) in [6.45, 7) is 6.48. The normalized spacial score (nSPS) is 46.8. The number of carbonyl (C=O) groups is 1. The number of carbonyl (C=O) groups excluding carboxylic acids is 1. The Morgan fingerprint density at radius 1 is 1.36 bits per heavy atom. The van der Waals surface area contributed by atoms with Gasteiger partial charge in [-0.3, -0.25) is 4.79 Å². The van der Waals surface area contributed by atoms with Crippen molar-refractivity contribution in [3.8, 4) is 0 Å². The molecule has 0 saturated heterocycles. The molecule has 3 atom stereocenters. The first kappa shape index (κ1) is 7.33. The second-order valence-corrected chi connectivity index (χ2v) is 4.88. The molecule has 0 N–H and O–H groups in total. The van der Waals surface area contributed by atoms with E-state index in [1.54, 1.807) is 0 Å². The van der Waals surface area contributed by atoms with Crippen molar-refractivity contribution in [1.29, 1.82) is 0 Å². The Labute approximate surface area is 68.2 Å². The van der Waals surface area contributed by atoms with Crippen molar-refractivity contribution in [3.05, 3.63) is 0 Å². The van der Waals surface area contributed by atoms with E-state index in [4.69, 9.17) is 0 Å². The lowest BCUT2D eigenvalue weighted by Gasteiger charge is -2.45. The average molecular weight is 152 g/mol. The predicted molar refractivity (Wildman–Crippen MR) is 44.2 cm³/mol. The summed E-state index contributed by atoms with van der Waals surface area (Å²) in [5, 5.41) is 0. The zero-order valence-corrected chi connectivity index (χ0v) is 7.55. The molecule has 0 bridgehead atoms. The van der Waals surface area contributed by atoms with E-state index in [1.165, 1.54) is 6.42 Å². The van der Waals surface area contributed by atoms with Crippen LogP contribution in [0.2, 0.25) is 0 Å². The van der Waals surface area contributed by atoms with Crippen molar-refractivity contribution in [2.75, 3.05) is 0 Å². The third-order valence-corrected chi connectivity index (χ3v) is 3.70. The Kier molecular flexibility index (Phi) is 1.25. The molecule has 2 rings (SSSR count). The minimum Gasteiger partial charge on any atom is -0.299 e. The minimum absolute atomic E-state index is 0.0232. The molecule has 2 saturated carbocycles. The van der Waals surface area contributed by atoms with E-state index in [0.29, 0.717) is 17.6 Å². The van der Waals surface area contributed by atoms with Gasteiger partial charge in [0.1, 0.15) is 5.78 Å². The molecule has 2 aliphatic rings. The van der Waals surface area contributed by atoms with E-state index < -0.39 is 0 Å². The van der Waals surface area contributed by atoms with Crippen LogP contribution in [0, 0.1) is 23.2 Å². The van der Waals surface area contributed by atoms with Gasteiger partial charge in [-0.25, -0.2) is 0 Å². The lowest BCUT2D eigenvalue weighted by atomic mass is 9.56. The van der Waals surface area contributed by atoms with Crippen LogP contribution in [0.3, 0.4) is 0 Å². The summed E-state index contributed by atoms with van der Waals surface area (Å²) in [6, 6.07) is 0. The zero-order chi connectivity index (χ0) is 8.22. The highest BCUT2D eigenvalue weighted by Crippen LogP contribution is 2.57. The maximum atomic E-state index is 11.5.